The van der Waals surface area contributed by atoms with Crippen LogP contribution in [0.25, 0.3) is 0 Å². The Kier molecular flexibility index (Phi) is 3.05. The number of hydrogen-bond acceptors (Lipinski definition) is 4. The summed E-state index contributed by atoms with van der Waals surface area (Å²) < 4.78 is 0. The highest BCUT2D eigenvalue weighted by atomic mass is 16.4. The SMILES string of the molecule is C[C@H]1CN(c2ccc(C(=O)O)cn2)CCN1. The highest BCUT2D eigenvalue weighted by molar-refractivity contribution is 5.87. The van der Waals surface area contributed by atoms with Gasteiger partial charge in [-0.25, -0.2) is 9.78 Å². The van der Waals surface area contributed by atoms with Crippen molar-refractivity contribution in [3.05, 3.63) is 23.9 Å². The Morgan fingerprint density at radius 1 is 1.62 bits per heavy atom. The van der Waals surface area contributed by atoms with Crippen molar-refractivity contribution in [2.24, 2.45) is 0 Å². The van der Waals surface area contributed by atoms with E-state index in [1.807, 2.05) is 0 Å². The summed E-state index contributed by atoms with van der Waals surface area (Å²) in [5.74, 6) is -0.0916. The molecule has 0 saturated carbocycles. The molecule has 0 aromatic carbocycles. The van der Waals surface area contributed by atoms with E-state index in [2.05, 4.69) is 22.1 Å². The Morgan fingerprint density at radius 2 is 2.44 bits per heavy atom. The standard InChI is InChI=1S/C11H15N3O2/c1-8-7-14(5-4-12-8)10-3-2-9(6-13-10)11(15)16/h2-3,6,8,12H,4-5,7H2,1H3,(H,15,16)/t8-/m0/s1. The third kappa shape index (κ3) is 2.30. The van der Waals surface area contributed by atoms with E-state index >= 15 is 0 Å². The minimum absolute atomic E-state index is 0.229. The molecule has 5 nitrogen and oxygen atoms in total. The van der Waals surface area contributed by atoms with Gasteiger partial charge >= 0.3 is 5.97 Å². The molecule has 2 heterocycles. The molecule has 1 aliphatic rings. The van der Waals surface area contributed by atoms with Gasteiger partial charge in [0.1, 0.15) is 5.82 Å². The van der Waals surface area contributed by atoms with Gasteiger partial charge in [-0.3, -0.25) is 0 Å². The van der Waals surface area contributed by atoms with Crippen molar-refractivity contribution in [2.45, 2.75) is 13.0 Å². The van der Waals surface area contributed by atoms with E-state index in [1.165, 1.54) is 6.20 Å². The van der Waals surface area contributed by atoms with Crippen LogP contribution in [0.1, 0.15) is 17.3 Å². The molecule has 1 aromatic heterocycles. The van der Waals surface area contributed by atoms with E-state index in [0.29, 0.717) is 6.04 Å². The second-order valence-electron chi connectivity index (χ2n) is 4.01. The molecule has 1 aliphatic heterocycles. The van der Waals surface area contributed by atoms with Crippen LogP contribution in [0.15, 0.2) is 18.3 Å². The number of carbonyl (C=O) groups is 1. The molecular formula is C11H15N3O2. The van der Waals surface area contributed by atoms with E-state index in [9.17, 15) is 4.79 Å². The normalized spacial score (nSPS) is 20.8. The zero-order valence-electron chi connectivity index (χ0n) is 9.18. The third-order valence-corrected chi connectivity index (χ3v) is 2.69. The summed E-state index contributed by atoms with van der Waals surface area (Å²) in [6, 6.07) is 3.80. The molecule has 1 fully saturated rings. The highest BCUT2D eigenvalue weighted by Gasteiger charge is 2.16. The van der Waals surface area contributed by atoms with Crippen LogP contribution in [-0.2, 0) is 0 Å². The number of carboxylic acid groups (broad SMARTS) is 1. The zero-order chi connectivity index (χ0) is 11.5. The van der Waals surface area contributed by atoms with Gasteiger partial charge in [-0.15, -0.1) is 0 Å². The number of piperazine rings is 1. The zero-order valence-corrected chi connectivity index (χ0v) is 9.18. The van der Waals surface area contributed by atoms with Gasteiger partial charge in [-0.05, 0) is 19.1 Å². The van der Waals surface area contributed by atoms with Gasteiger partial charge < -0.3 is 15.3 Å². The molecule has 0 aliphatic carbocycles. The summed E-state index contributed by atoms with van der Waals surface area (Å²) >= 11 is 0. The lowest BCUT2D eigenvalue weighted by Gasteiger charge is -2.32. The van der Waals surface area contributed by atoms with Crippen molar-refractivity contribution in [1.82, 2.24) is 10.3 Å². The molecule has 2 rings (SSSR count). The summed E-state index contributed by atoms with van der Waals surface area (Å²) in [5, 5.41) is 12.1. The van der Waals surface area contributed by atoms with Crippen LogP contribution in [0.4, 0.5) is 5.82 Å². The molecule has 16 heavy (non-hydrogen) atoms. The maximum Gasteiger partial charge on any atom is 0.337 e. The van der Waals surface area contributed by atoms with Gasteiger partial charge in [0.05, 0.1) is 5.56 Å². The fourth-order valence-electron chi connectivity index (χ4n) is 1.84. The molecule has 86 valence electrons. The van der Waals surface area contributed by atoms with Gasteiger partial charge in [0.2, 0.25) is 0 Å². The van der Waals surface area contributed by atoms with Crippen LogP contribution in [-0.4, -0.2) is 41.7 Å². The van der Waals surface area contributed by atoms with Crippen molar-refractivity contribution >= 4 is 11.8 Å². The summed E-state index contributed by atoms with van der Waals surface area (Å²) in [6.07, 6.45) is 1.41. The topological polar surface area (TPSA) is 65.5 Å². The summed E-state index contributed by atoms with van der Waals surface area (Å²) in [6.45, 7) is 4.87. The van der Waals surface area contributed by atoms with Crippen molar-refractivity contribution in [3.8, 4) is 0 Å². The monoisotopic (exact) mass is 221 g/mol. The van der Waals surface area contributed by atoms with E-state index in [-0.39, 0.29) is 5.56 Å². The number of nitrogens with zero attached hydrogens (tertiary/aromatic N) is 2. The Morgan fingerprint density at radius 3 is 3.00 bits per heavy atom. The molecule has 0 amide bonds. The van der Waals surface area contributed by atoms with Crippen LogP contribution in [0.3, 0.4) is 0 Å². The van der Waals surface area contributed by atoms with Crippen molar-refractivity contribution in [1.29, 1.82) is 0 Å². The molecule has 0 radical (unpaired) electrons. The lowest BCUT2D eigenvalue weighted by Crippen LogP contribution is -2.49. The number of rotatable bonds is 2. The molecule has 0 unspecified atom stereocenters. The van der Waals surface area contributed by atoms with Crippen molar-refractivity contribution < 1.29 is 9.90 Å². The highest BCUT2D eigenvalue weighted by Crippen LogP contribution is 2.13. The third-order valence-electron chi connectivity index (χ3n) is 2.69. The fraction of sp³-hybridized carbons (Fsp3) is 0.455. The number of nitrogens with one attached hydrogen (secondary N) is 1. The quantitative estimate of drug-likeness (QED) is 0.764. The van der Waals surface area contributed by atoms with Crippen molar-refractivity contribution in [3.63, 3.8) is 0 Å². The van der Waals surface area contributed by atoms with Crippen LogP contribution >= 0.6 is 0 Å². The lowest BCUT2D eigenvalue weighted by atomic mass is 10.2. The van der Waals surface area contributed by atoms with E-state index < -0.39 is 5.97 Å². The van der Waals surface area contributed by atoms with E-state index in [0.717, 1.165) is 25.5 Å². The predicted molar refractivity (Wildman–Crippen MR) is 60.9 cm³/mol. The molecule has 1 saturated heterocycles. The van der Waals surface area contributed by atoms with Gasteiger partial charge in [0, 0.05) is 31.9 Å². The Balaban J connectivity index is 2.11. The average Bonchev–Trinajstić information content (AvgIpc) is 2.29. The molecule has 0 spiro atoms. The van der Waals surface area contributed by atoms with E-state index in [4.69, 9.17) is 5.11 Å². The van der Waals surface area contributed by atoms with Gasteiger partial charge in [0.25, 0.3) is 0 Å². The first kappa shape index (κ1) is 10.9. The fourth-order valence-corrected chi connectivity index (χ4v) is 1.84. The molecule has 5 heteroatoms. The number of carboxylic acids is 1. The Hall–Kier alpha value is -1.62. The van der Waals surface area contributed by atoms with Crippen LogP contribution in [0, 0.1) is 0 Å². The summed E-state index contributed by atoms with van der Waals surface area (Å²) in [5.41, 5.74) is 0.229. The van der Waals surface area contributed by atoms with Crippen LogP contribution < -0.4 is 10.2 Å². The first-order chi connectivity index (χ1) is 7.66. The number of pyridine rings is 1. The first-order valence-corrected chi connectivity index (χ1v) is 5.34. The maximum absolute atomic E-state index is 10.7. The Labute approximate surface area is 94.1 Å². The summed E-state index contributed by atoms with van der Waals surface area (Å²) in [7, 11) is 0. The minimum atomic E-state index is -0.937. The number of aromatic carboxylic acids is 1. The van der Waals surface area contributed by atoms with Crippen LogP contribution in [0.5, 0.6) is 0 Å². The first-order valence-electron chi connectivity index (χ1n) is 5.34. The van der Waals surface area contributed by atoms with Crippen LogP contribution in [0.2, 0.25) is 0 Å². The van der Waals surface area contributed by atoms with Gasteiger partial charge in [0.15, 0.2) is 0 Å². The second-order valence-corrected chi connectivity index (χ2v) is 4.01. The minimum Gasteiger partial charge on any atom is -0.478 e. The maximum atomic E-state index is 10.7. The number of aromatic nitrogens is 1. The smallest absolute Gasteiger partial charge is 0.337 e. The Bertz CT molecular complexity index is 377. The number of hydrogen-bond donors (Lipinski definition) is 2. The predicted octanol–water partition coefficient (Wildman–Crippen LogP) is 0.578. The molecule has 1 aromatic rings. The van der Waals surface area contributed by atoms with Gasteiger partial charge in [-0.1, -0.05) is 0 Å². The second kappa shape index (κ2) is 4.49. The number of anilines is 1. The molecule has 1 atom stereocenters. The molecule has 2 N–H and O–H groups in total. The van der Waals surface area contributed by atoms with Gasteiger partial charge in [-0.2, -0.15) is 0 Å². The largest absolute Gasteiger partial charge is 0.478 e. The molecule has 0 bridgehead atoms. The lowest BCUT2D eigenvalue weighted by molar-refractivity contribution is 0.0696. The van der Waals surface area contributed by atoms with E-state index in [1.54, 1.807) is 12.1 Å². The average molecular weight is 221 g/mol. The molecular weight excluding hydrogens is 206 g/mol. The van der Waals surface area contributed by atoms with Crippen molar-refractivity contribution in [2.75, 3.05) is 24.5 Å². The summed E-state index contributed by atoms with van der Waals surface area (Å²) in [4.78, 5) is 17.0.